The number of fused-ring (bicyclic) bond motifs is 1. The molecule has 0 spiro atoms. The number of rotatable bonds is 2. The molecule has 90 valence electrons. The van der Waals surface area contributed by atoms with Crippen LogP contribution in [0.2, 0.25) is 0 Å². The van der Waals surface area contributed by atoms with Gasteiger partial charge in [0, 0.05) is 17.7 Å². The second-order valence-corrected chi connectivity index (χ2v) is 4.40. The maximum atomic E-state index is 5.70. The third-order valence-corrected chi connectivity index (χ3v) is 3.12. The second-order valence-electron chi connectivity index (χ2n) is 4.40. The van der Waals surface area contributed by atoms with Crippen molar-refractivity contribution in [3.63, 3.8) is 0 Å². The van der Waals surface area contributed by atoms with E-state index in [1.807, 2.05) is 18.2 Å². The Bertz CT molecular complexity index is 683. The van der Waals surface area contributed by atoms with Crippen LogP contribution in [0.3, 0.4) is 0 Å². The maximum absolute atomic E-state index is 5.70. The van der Waals surface area contributed by atoms with E-state index in [1.54, 1.807) is 0 Å². The average molecular weight is 238 g/mol. The third-order valence-electron chi connectivity index (χ3n) is 3.12. The molecule has 2 N–H and O–H groups in total. The van der Waals surface area contributed by atoms with E-state index in [1.165, 1.54) is 5.56 Å². The van der Waals surface area contributed by atoms with Crippen molar-refractivity contribution in [2.24, 2.45) is 5.73 Å². The van der Waals surface area contributed by atoms with Crippen LogP contribution in [-0.2, 0) is 6.54 Å². The molecule has 18 heavy (non-hydrogen) atoms. The molecule has 0 fully saturated rings. The molecule has 3 nitrogen and oxygen atoms in total. The first-order valence-electron chi connectivity index (χ1n) is 5.94. The molecule has 3 aromatic rings. The molecule has 0 radical (unpaired) electrons. The Balaban J connectivity index is 2.21. The van der Waals surface area contributed by atoms with Gasteiger partial charge in [-0.15, -0.1) is 0 Å². The summed E-state index contributed by atoms with van der Waals surface area (Å²) >= 11 is 0. The van der Waals surface area contributed by atoms with Gasteiger partial charge in [0.25, 0.3) is 0 Å². The number of para-hydroxylation sites is 1. The Morgan fingerprint density at radius 2 is 1.89 bits per heavy atom. The van der Waals surface area contributed by atoms with Gasteiger partial charge in [0.15, 0.2) is 5.58 Å². The Morgan fingerprint density at radius 3 is 2.61 bits per heavy atom. The van der Waals surface area contributed by atoms with Crippen molar-refractivity contribution >= 4 is 11.0 Å². The first-order chi connectivity index (χ1) is 8.79. The van der Waals surface area contributed by atoms with Crippen molar-refractivity contribution in [1.29, 1.82) is 0 Å². The van der Waals surface area contributed by atoms with Crippen LogP contribution in [0.25, 0.3) is 22.2 Å². The van der Waals surface area contributed by atoms with Crippen LogP contribution in [0.15, 0.2) is 47.0 Å². The summed E-state index contributed by atoms with van der Waals surface area (Å²) in [6, 6.07) is 14.2. The van der Waals surface area contributed by atoms with Crippen LogP contribution in [-0.4, -0.2) is 5.16 Å². The highest BCUT2D eigenvalue weighted by molar-refractivity contribution is 5.93. The number of hydrogen-bond acceptors (Lipinski definition) is 3. The fraction of sp³-hybridized carbons (Fsp3) is 0.133. The van der Waals surface area contributed by atoms with Gasteiger partial charge in [0.2, 0.25) is 0 Å². The van der Waals surface area contributed by atoms with Gasteiger partial charge in [-0.2, -0.15) is 0 Å². The zero-order valence-corrected chi connectivity index (χ0v) is 10.2. The molecule has 0 atom stereocenters. The number of hydrogen-bond donors (Lipinski definition) is 1. The number of nitrogens with two attached hydrogens (primary N) is 1. The van der Waals surface area contributed by atoms with Gasteiger partial charge in [-0.25, -0.2) is 0 Å². The van der Waals surface area contributed by atoms with Crippen LogP contribution < -0.4 is 5.73 Å². The van der Waals surface area contributed by atoms with E-state index in [9.17, 15) is 0 Å². The zero-order chi connectivity index (χ0) is 12.5. The average Bonchev–Trinajstić information content (AvgIpc) is 2.83. The summed E-state index contributed by atoms with van der Waals surface area (Å²) < 4.78 is 5.43. The Kier molecular flexibility index (Phi) is 2.61. The molecule has 0 unspecified atom stereocenters. The lowest BCUT2D eigenvalue weighted by Crippen LogP contribution is -1.95. The highest BCUT2D eigenvalue weighted by atomic mass is 16.5. The SMILES string of the molecule is Cc1ccc(-c2noc3c(CN)cccc23)cc1. The number of aromatic nitrogens is 1. The molecule has 1 heterocycles. The molecule has 2 aromatic carbocycles. The first kappa shape index (κ1) is 11.0. The lowest BCUT2D eigenvalue weighted by Gasteiger charge is -1.99. The van der Waals surface area contributed by atoms with Gasteiger partial charge in [-0.05, 0) is 13.0 Å². The molecule has 0 aliphatic carbocycles. The fourth-order valence-corrected chi connectivity index (χ4v) is 2.10. The highest BCUT2D eigenvalue weighted by Crippen LogP contribution is 2.29. The number of aryl methyl sites for hydroxylation is 1. The minimum absolute atomic E-state index is 0.458. The molecule has 0 aliphatic heterocycles. The van der Waals surface area contributed by atoms with Crippen LogP contribution in [0.4, 0.5) is 0 Å². The van der Waals surface area contributed by atoms with Crippen LogP contribution in [0, 0.1) is 6.92 Å². The summed E-state index contributed by atoms with van der Waals surface area (Å²) in [7, 11) is 0. The third kappa shape index (κ3) is 1.69. The van der Waals surface area contributed by atoms with Gasteiger partial charge >= 0.3 is 0 Å². The number of benzene rings is 2. The molecular formula is C15H14N2O. The zero-order valence-electron chi connectivity index (χ0n) is 10.2. The molecule has 0 saturated carbocycles. The van der Waals surface area contributed by atoms with Crippen molar-refractivity contribution in [2.75, 3.05) is 0 Å². The standard InChI is InChI=1S/C15H14N2O/c1-10-5-7-11(8-6-10)14-13-4-2-3-12(9-16)15(13)18-17-14/h2-8H,9,16H2,1H3. The molecule has 3 heteroatoms. The maximum Gasteiger partial charge on any atom is 0.171 e. The van der Waals surface area contributed by atoms with Gasteiger partial charge in [-0.1, -0.05) is 47.1 Å². The molecule has 0 aliphatic rings. The molecule has 0 bridgehead atoms. The lowest BCUT2D eigenvalue weighted by atomic mass is 10.0. The van der Waals surface area contributed by atoms with Gasteiger partial charge in [0.05, 0.1) is 5.39 Å². The quantitative estimate of drug-likeness (QED) is 0.745. The van der Waals surface area contributed by atoms with E-state index in [0.29, 0.717) is 6.54 Å². The number of nitrogens with zero attached hydrogens (tertiary/aromatic N) is 1. The van der Waals surface area contributed by atoms with E-state index < -0.39 is 0 Å². The van der Waals surface area contributed by atoms with E-state index in [2.05, 4.69) is 36.3 Å². The Hall–Kier alpha value is -2.13. The smallest absolute Gasteiger partial charge is 0.171 e. The minimum Gasteiger partial charge on any atom is -0.355 e. The van der Waals surface area contributed by atoms with Gasteiger partial charge in [-0.3, -0.25) is 0 Å². The van der Waals surface area contributed by atoms with Crippen LogP contribution in [0.5, 0.6) is 0 Å². The van der Waals surface area contributed by atoms with Crippen molar-refractivity contribution in [3.05, 3.63) is 53.6 Å². The molecule has 1 aromatic heterocycles. The monoisotopic (exact) mass is 238 g/mol. The molecule has 0 saturated heterocycles. The largest absolute Gasteiger partial charge is 0.355 e. The Labute approximate surface area is 105 Å². The second kappa shape index (κ2) is 4.27. The molecule has 3 rings (SSSR count). The van der Waals surface area contributed by atoms with Crippen molar-refractivity contribution in [3.8, 4) is 11.3 Å². The summed E-state index contributed by atoms with van der Waals surface area (Å²) in [5.74, 6) is 0. The lowest BCUT2D eigenvalue weighted by molar-refractivity contribution is 0.457. The Morgan fingerprint density at radius 1 is 1.11 bits per heavy atom. The topological polar surface area (TPSA) is 52.0 Å². The van der Waals surface area contributed by atoms with Crippen LogP contribution in [0.1, 0.15) is 11.1 Å². The summed E-state index contributed by atoms with van der Waals surface area (Å²) in [4.78, 5) is 0. The van der Waals surface area contributed by atoms with Crippen molar-refractivity contribution < 1.29 is 4.52 Å². The van der Waals surface area contributed by atoms with E-state index in [0.717, 1.165) is 27.8 Å². The fourth-order valence-electron chi connectivity index (χ4n) is 2.10. The van der Waals surface area contributed by atoms with Gasteiger partial charge in [0.1, 0.15) is 5.69 Å². The predicted octanol–water partition coefficient (Wildman–Crippen LogP) is 3.26. The summed E-state index contributed by atoms with van der Waals surface area (Å²) in [6.45, 7) is 2.52. The van der Waals surface area contributed by atoms with E-state index >= 15 is 0 Å². The highest BCUT2D eigenvalue weighted by Gasteiger charge is 2.12. The summed E-state index contributed by atoms with van der Waals surface area (Å²) in [6.07, 6.45) is 0. The molecule has 0 amide bonds. The minimum atomic E-state index is 0.458. The normalized spacial score (nSPS) is 11.0. The van der Waals surface area contributed by atoms with Crippen LogP contribution >= 0.6 is 0 Å². The summed E-state index contributed by atoms with van der Waals surface area (Å²) in [5.41, 5.74) is 10.6. The summed E-state index contributed by atoms with van der Waals surface area (Å²) in [5, 5.41) is 5.19. The van der Waals surface area contributed by atoms with Crippen molar-refractivity contribution in [1.82, 2.24) is 5.16 Å². The van der Waals surface area contributed by atoms with Gasteiger partial charge < -0.3 is 10.3 Å². The van der Waals surface area contributed by atoms with E-state index in [4.69, 9.17) is 10.3 Å². The van der Waals surface area contributed by atoms with Crippen molar-refractivity contribution in [2.45, 2.75) is 13.5 Å². The first-order valence-corrected chi connectivity index (χ1v) is 5.94. The molecular weight excluding hydrogens is 224 g/mol. The van der Waals surface area contributed by atoms with E-state index in [-0.39, 0.29) is 0 Å². The predicted molar refractivity (Wildman–Crippen MR) is 72.1 cm³/mol.